The minimum atomic E-state index is -0.256. The van der Waals surface area contributed by atoms with Gasteiger partial charge < -0.3 is 9.88 Å². The minimum absolute atomic E-state index is 0.0474. The first-order valence-electron chi connectivity index (χ1n) is 9.18. The van der Waals surface area contributed by atoms with Gasteiger partial charge in [-0.05, 0) is 35.6 Å². The van der Waals surface area contributed by atoms with Crippen molar-refractivity contribution in [2.24, 2.45) is 0 Å². The molecule has 5 rings (SSSR count). The van der Waals surface area contributed by atoms with Gasteiger partial charge in [-0.25, -0.2) is 9.67 Å². The summed E-state index contributed by atoms with van der Waals surface area (Å²) in [6.45, 7) is 1.39. The van der Waals surface area contributed by atoms with Crippen molar-refractivity contribution in [3.63, 3.8) is 0 Å². The molecule has 0 saturated heterocycles. The zero-order valence-corrected chi connectivity index (χ0v) is 17.0. The van der Waals surface area contributed by atoms with E-state index in [4.69, 9.17) is 0 Å². The van der Waals surface area contributed by atoms with E-state index in [0.717, 1.165) is 18.7 Å². The van der Waals surface area contributed by atoms with Crippen LogP contribution in [-0.2, 0) is 17.8 Å². The summed E-state index contributed by atoms with van der Waals surface area (Å²) in [6.07, 6.45) is 2.42. The second-order valence-corrected chi connectivity index (χ2v) is 8.69. The highest BCUT2D eigenvalue weighted by Gasteiger charge is 2.22. The van der Waals surface area contributed by atoms with Gasteiger partial charge in [0.2, 0.25) is 5.91 Å². The van der Waals surface area contributed by atoms with Crippen molar-refractivity contribution >= 4 is 40.0 Å². The summed E-state index contributed by atoms with van der Waals surface area (Å²) in [7, 11) is 0. The Kier molecular flexibility index (Phi) is 4.69. The Bertz CT molecular complexity index is 1240. The standard InChI is InChI=1S/C20H17N5O2S2/c26-17(24-8-6-16-13(11-24)7-9-28-16)12-29-20-22-18-15(19(27)23-20)10-21-25(18)14-4-2-1-3-5-14/h1-5,7,9-10H,6,8,11-12H2,(H,22,23,27). The van der Waals surface area contributed by atoms with Gasteiger partial charge in [-0.1, -0.05) is 30.0 Å². The van der Waals surface area contributed by atoms with E-state index in [9.17, 15) is 9.59 Å². The fourth-order valence-electron chi connectivity index (χ4n) is 3.41. The molecule has 0 bridgehead atoms. The van der Waals surface area contributed by atoms with E-state index in [1.165, 1.54) is 28.4 Å². The number of carbonyl (C=O) groups excluding carboxylic acids is 1. The number of hydrogen-bond acceptors (Lipinski definition) is 6. The first kappa shape index (κ1) is 18.1. The average Bonchev–Trinajstić information content (AvgIpc) is 3.39. The van der Waals surface area contributed by atoms with Crippen LogP contribution in [0.4, 0.5) is 0 Å². The number of aromatic nitrogens is 4. The first-order valence-corrected chi connectivity index (χ1v) is 11.0. The smallest absolute Gasteiger partial charge is 0.262 e. The Morgan fingerprint density at radius 2 is 2.10 bits per heavy atom. The molecule has 0 saturated carbocycles. The molecular formula is C20H17N5O2S2. The van der Waals surface area contributed by atoms with Crippen molar-refractivity contribution in [2.75, 3.05) is 12.3 Å². The van der Waals surface area contributed by atoms with Crippen LogP contribution in [0.3, 0.4) is 0 Å². The Morgan fingerprint density at radius 1 is 1.24 bits per heavy atom. The van der Waals surface area contributed by atoms with E-state index in [-0.39, 0.29) is 17.2 Å². The normalized spacial score (nSPS) is 13.6. The topological polar surface area (TPSA) is 83.9 Å². The quantitative estimate of drug-likeness (QED) is 0.403. The van der Waals surface area contributed by atoms with Gasteiger partial charge in [-0.3, -0.25) is 9.59 Å². The number of thioether (sulfide) groups is 1. The van der Waals surface area contributed by atoms with Crippen molar-refractivity contribution in [1.82, 2.24) is 24.6 Å². The highest BCUT2D eigenvalue weighted by Crippen LogP contribution is 2.25. The van der Waals surface area contributed by atoms with E-state index in [1.54, 1.807) is 16.0 Å². The molecule has 0 aliphatic carbocycles. The zero-order chi connectivity index (χ0) is 19.8. The number of amides is 1. The average molecular weight is 424 g/mol. The van der Waals surface area contributed by atoms with Gasteiger partial charge in [0.05, 0.1) is 17.6 Å². The van der Waals surface area contributed by atoms with Crippen molar-refractivity contribution in [3.8, 4) is 5.69 Å². The fourth-order valence-corrected chi connectivity index (χ4v) is 5.06. The van der Waals surface area contributed by atoms with Gasteiger partial charge in [-0.15, -0.1) is 11.3 Å². The van der Waals surface area contributed by atoms with Crippen LogP contribution >= 0.6 is 23.1 Å². The van der Waals surface area contributed by atoms with Crippen molar-refractivity contribution in [3.05, 3.63) is 68.8 Å². The minimum Gasteiger partial charge on any atom is -0.337 e. The second kappa shape index (κ2) is 7.49. The molecule has 0 atom stereocenters. The number of rotatable bonds is 4. The SMILES string of the molecule is O=C(CSc1nc2c(cnn2-c2ccccc2)c(=O)[nH]1)N1CCc2sccc2C1. The van der Waals surface area contributed by atoms with Crippen LogP contribution in [0.25, 0.3) is 16.7 Å². The van der Waals surface area contributed by atoms with E-state index in [0.29, 0.717) is 22.7 Å². The number of nitrogens with zero attached hydrogens (tertiary/aromatic N) is 4. The molecule has 1 aliphatic rings. The summed E-state index contributed by atoms with van der Waals surface area (Å²) in [5.74, 6) is 0.277. The Hall–Kier alpha value is -2.91. The van der Waals surface area contributed by atoms with Crippen LogP contribution in [0.1, 0.15) is 10.4 Å². The maximum atomic E-state index is 12.7. The molecule has 1 aromatic carbocycles. The molecule has 3 aromatic heterocycles. The Morgan fingerprint density at radius 3 is 2.97 bits per heavy atom. The molecule has 29 heavy (non-hydrogen) atoms. The van der Waals surface area contributed by atoms with Crippen molar-refractivity contribution < 1.29 is 4.79 Å². The molecule has 9 heteroatoms. The lowest BCUT2D eigenvalue weighted by molar-refractivity contribution is -0.129. The van der Waals surface area contributed by atoms with Gasteiger partial charge in [0.15, 0.2) is 10.8 Å². The number of para-hydroxylation sites is 1. The van der Waals surface area contributed by atoms with Crippen LogP contribution in [0.5, 0.6) is 0 Å². The lowest BCUT2D eigenvalue weighted by Crippen LogP contribution is -2.36. The van der Waals surface area contributed by atoms with Crippen LogP contribution in [0.2, 0.25) is 0 Å². The van der Waals surface area contributed by atoms with Crippen LogP contribution < -0.4 is 5.56 Å². The fraction of sp³-hybridized carbons (Fsp3) is 0.200. The largest absolute Gasteiger partial charge is 0.337 e. The molecule has 7 nitrogen and oxygen atoms in total. The lowest BCUT2D eigenvalue weighted by Gasteiger charge is -2.26. The highest BCUT2D eigenvalue weighted by molar-refractivity contribution is 7.99. The predicted molar refractivity (Wildman–Crippen MR) is 114 cm³/mol. The molecule has 1 aliphatic heterocycles. The lowest BCUT2D eigenvalue weighted by atomic mass is 10.1. The van der Waals surface area contributed by atoms with Crippen LogP contribution in [-0.4, -0.2) is 42.9 Å². The number of hydrogen-bond donors (Lipinski definition) is 1. The molecule has 1 amide bonds. The number of nitrogens with one attached hydrogen (secondary N) is 1. The number of H-pyrrole nitrogens is 1. The van der Waals surface area contributed by atoms with Gasteiger partial charge in [0.1, 0.15) is 5.39 Å². The monoisotopic (exact) mass is 423 g/mol. The molecule has 4 heterocycles. The third-order valence-corrected chi connectivity index (χ3v) is 6.79. The van der Waals surface area contributed by atoms with Gasteiger partial charge in [0, 0.05) is 18.0 Å². The number of fused-ring (bicyclic) bond motifs is 2. The summed E-state index contributed by atoms with van der Waals surface area (Å²) in [5, 5.41) is 7.22. The summed E-state index contributed by atoms with van der Waals surface area (Å²) in [5.41, 5.74) is 2.29. The van der Waals surface area contributed by atoms with E-state index >= 15 is 0 Å². The summed E-state index contributed by atoms with van der Waals surface area (Å²) < 4.78 is 1.64. The summed E-state index contributed by atoms with van der Waals surface area (Å²) >= 11 is 3.00. The third kappa shape index (κ3) is 3.47. The van der Waals surface area contributed by atoms with E-state index in [1.807, 2.05) is 35.2 Å². The number of aromatic amines is 1. The number of carbonyl (C=O) groups is 1. The predicted octanol–water partition coefficient (Wildman–Crippen LogP) is 2.85. The maximum absolute atomic E-state index is 12.7. The number of benzene rings is 1. The molecule has 1 N–H and O–H groups in total. The van der Waals surface area contributed by atoms with Gasteiger partial charge in [0.25, 0.3) is 5.56 Å². The second-order valence-electron chi connectivity index (χ2n) is 6.72. The van der Waals surface area contributed by atoms with Crippen LogP contribution in [0, 0.1) is 0 Å². The molecule has 0 spiro atoms. The van der Waals surface area contributed by atoms with E-state index < -0.39 is 0 Å². The van der Waals surface area contributed by atoms with E-state index in [2.05, 4.69) is 26.5 Å². The molecule has 0 fully saturated rings. The van der Waals surface area contributed by atoms with Crippen LogP contribution in [0.15, 0.2) is 57.9 Å². The Balaban J connectivity index is 1.36. The molecule has 4 aromatic rings. The molecular weight excluding hydrogens is 406 g/mol. The van der Waals surface area contributed by atoms with Crippen molar-refractivity contribution in [2.45, 2.75) is 18.1 Å². The summed E-state index contributed by atoms with van der Waals surface area (Å²) in [6, 6.07) is 11.6. The third-order valence-electron chi connectivity index (χ3n) is 4.91. The van der Waals surface area contributed by atoms with Crippen molar-refractivity contribution in [1.29, 1.82) is 0 Å². The highest BCUT2D eigenvalue weighted by atomic mass is 32.2. The zero-order valence-electron chi connectivity index (χ0n) is 15.4. The number of thiophene rings is 1. The summed E-state index contributed by atoms with van der Waals surface area (Å²) in [4.78, 5) is 35.7. The molecule has 0 radical (unpaired) electrons. The molecule has 0 unspecified atom stereocenters. The Labute approximate surface area is 174 Å². The first-order chi connectivity index (χ1) is 14.2. The maximum Gasteiger partial charge on any atom is 0.262 e. The molecule has 146 valence electrons. The van der Waals surface area contributed by atoms with Gasteiger partial charge >= 0.3 is 0 Å². The van der Waals surface area contributed by atoms with Gasteiger partial charge in [-0.2, -0.15) is 5.10 Å².